The lowest BCUT2D eigenvalue weighted by atomic mass is 9.95. The summed E-state index contributed by atoms with van der Waals surface area (Å²) >= 11 is 0. The van der Waals surface area contributed by atoms with E-state index in [-0.39, 0.29) is 17.7 Å². The first-order valence-corrected chi connectivity index (χ1v) is 9.45. The lowest BCUT2D eigenvalue weighted by Crippen LogP contribution is -2.46. The molecule has 0 N–H and O–H groups in total. The lowest BCUT2D eigenvalue weighted by Gasteiger charge is -2.36. The van der Waals surface area contributed by atoms with E-state index in [9.17, 15) is 9.59 Å². The van der Waals surface area contributed by atoms with Crippen LogP contribution < -0.4 is 0 Å². The fourth-order valence-electron chi connectivity index (χ4n) is 4.36. The number of carbonyl (C=O) groups is 2. The van der Waals surface area contributed by atoms with E-state index in [0.717, 1.165) is 26.1 Å². The summed E-state index contributed by atoms with van der Waals surface area (Å²) in [5, 5.41) is 0. The molecule has 2 atom stereocenters. The van der Waals surface area contributed by atoms with Gasteiger partial charge in [0.25, 0.3) is 0 Å². The Bertz CT molecular complexity index is 451. The molecular weight excluding hydrogens is 306 g/mol. The van der Waals surface area contributed by atoms with Gasteiger partial charge in [0.2, 0.25) is 11.8 Å². The number of hydrogen-bond acceptors (Lipinski definition) is 4. The number of nitrogens with zero attached hydrogens (tertiary/aromatic N) is 3. The highest BCUT2D eigenvalue weighted by atomic mass is 16.5. The number of piperidine rings is 1. The fraction of sp³-hybridized carbons (Fsp3) is 0.889. The van der Waals surface area contributed by atoms with Gasteiger partial charge in [0.15, 0.2) is 0 Å². The molecule has 3 saturated heterocycles. The van der Waals surface area contributed by atoms with E-state index in [2.05, 4.69) is 4.90 Å². The maximum absolute atomic E-state index is 12.9. The van der Waals surface area contributed by atoms with E-state index in [0.29, 0.717) is 32.0 Å². The molecule has 3 aliphatic rings. The molecule has 3 fully saturated rings. The van der Waals surface area contributed by atoms with Crippen LogP contribution in [0.2, 0.25) is 0 Å². The summed E-state index contributed by atoms with van der Waals surface area (Å²) in [5.41, 5.74) is 0. The van der Waals surface area contributed by atoms with Crippen molar-refractivity contribution in [1.82, 2.24) is 14.7 Å². The Labute approximate surface area is 145 Å². The number of hydrogen-bond donors (Lipinski definition) is 0. The van der Waals surface area contributed by atoms with Gasteiger partial charge in [-0.1, -0.05) is 0 Å². The number of rotatable bonds is 6. The van der Waals surface area contributed by atoms with Gasteiger partial charge >= 0.3 is 0 Å². The SMILES string of the molecule is COCCN1C[C@@H](C(=O)N2CCC[C@H](CN3CCCC3)C2)CC1=O. The number of methoxy groups -OCH3 is 1. The zero-order valence-electron chi connectivity index (χ0n) is 14.9. The molecule has 0 radical (unpaired) electrons. The van der Waals surface area contributed by atoms with Crippen molar-refractivity contribution in [3.8, 4) is 0 Å². The van der Waals surface area contributed by atoms with Gasteiger partial charge in [-0.25, -0.2) is 0 Å². The minimum Gasteiger partial charge on any atom is -0.383 e. The van der Waals surface area contributed by atoms with Crippen LogP contribution in [0, 0.1) is 11.8 Å². The fourth-order valence-corrected chi connectivity index (χ4v) is 4.36. The minimum atomic E-state index is -0.153. The van der Waals surface area contributed by atoms with E-state index >= 15 is 0 Å². The average Bonchev–Trinajstić information content (AvgIpc) is 3.22. The third-order valence-electron chi connectivity index (χ3n) is 5.67. The maximum Gasteiger partial charge on any atom is 0.228 e. The first-order chi connectivity index (χ1) is 11.7. The molecule has 3 heterocycles. The average molecular weight is 337 g/mol. The lowest BCUT2D eigenvalue weighted by molar-refractivity contribution is -0.137. The van der Waals surface area contributed by atoms with Gasteiger partial charge in [-0.2, -0.15) is 0 Å². The van der Waals surface area contributed by atoms with Gasteiger partial charge in [0.05, 0.1) is 12.5 Å². The highest BCUT2D eigenvalue weighted by molar-refractivity contribution is 5.89. The summed E-state index contributed by atoms with van der Waals surface area (Å²) in [5.74, 6) is 0.729. The maximum atomic E-state index is 12.9. The van der Waals surface area contributed by atoms with Crippen LogP contribution in [-0.4, -0.2) is 86.0 Å². The van der Waals surface area contributed by atoms with Crippen molar-refractivity contribution < 1.29 is 14.3 Å². The molecule has 3 aliphatic heterocycles. The molecule has 3 rings (SSSR count). The molecule has 0 spiro atoms. The second kappa shape index (κ2) is 8.30. The van der Waals surface area contributed by atoms with Gasteiger partial charge in [-0.05, 0) is 44.7 Å². The monoisotopic (exact) mass is 337 g/mol. The Morgan fingerprint density at radius 2 is 1.96 bits per heavy atom. The van der Waals surface area contributed by atoms with Crippen LogP contribution in [0.3, 0.4) is 0 Å². The quantitative estimate of drug-likeness (QED) is 0.720. The number of carbonyl (C=O) groups excluding carboxylic acids is 2. The van der Waals surface area contributed by atoms with Gasteiger partial charge in [-0.3, -0.25) is 9.59 Å². The van der Waals surface area contributed by atoms with Crippen LogP contribution in [-0.2, 0) is 14.3 Å². The summed E-state index contributed by atoms with van der Waals surface area (Å²) < 4.78 is 5.05. The third kappa shape index (κ3) is 4.28. The van der Waals surface area contributed by atoms with Gasteiger partial charge < -0.3 is 19.4 Å². The van der Waals surface area contributed by atoms with Crippen molar-refractivity contribution in [3.63, 3.8) is 0 Å². The normalized spacial score (nSPS) is 28.8. The zero-order chi connectivity index (χ0) is 16.9. The molecule has 24 heavy (non-hydrogen) atoms. The smallest absolute Gasteiger partial charge is 0.228 e. The predicted octanol–water partition coefficient (Wildman–Crippen LogP) is 0.816. The largest absolute Gasteiger partial charge is 0.383 e. The van der Waals surface area contributed by atoms with E-state index in [1.807, 2.05) is 4.90 Å². The highest BCUT2D eigenvalue weighted by Gasteiger charge is 2.37. The van der Waals surface area contributed by atoms with Crippen LogP contribution in [0.5, 0.6) is 0 Å². The van der Waals surface area contributed by atoms with Crippen molar-refractivity contribution in [2.45, 2.75) is 32.1 Å². The molecule has 0 unspecified atom stereocenters. The number of ether oxygens (including phenoxy) is 1. The second-order valence-corrected chi connectivity index (χ2v) is 7.53. The van der Waals surface area contributed by atoms with E-state index in [4.69, 9.17) is 4.74 Å². The van der Waals surface area contributed by atoms with Crippen molar-refractivity contribution in [2.24, 2.45) is 11.8 Å². The van der Waals surface area contributed by atoms with Gasteiger partial charge in [0.1, 0.15) is 0 Å². The number of likely N-dealkylation sites (tertiary alicyclic amines) is 3. The van der Waals surface area contributed by atoms with E-state index in [1.165, 1.54) is 32.4 Å². The van der Waals surface area contributed by atoms with E-state index in [1.54, 1.807) is 12.0 Å². The summed E-state index contributed by atoms with van der Waals surface area (Å²) in [7, 11) is 1.64. The van der Waals surface area contributed by atoms with Crippen LogP contribution in [0.4, 0.5) is 0 Å². The summed E-state index contributed by atoms with van der Waals surface area (Å²) in [6.45, 7) is 6.99. The molecule has 0 aliphatic carbocycles. The van der Waals surface area contributed by atoms with Crippen molar-refractivity contribution in [1.29, 1.82) is 0 Å². The second-order valence-electron chi connectivity index (χ2n) is 7.53. The van der Waals surface area contributed by atoms with Crippen molar-refractivity contribution >= 4 is 11.8 Å². The summed E-state index contributed by atoms with van der Waals surface area (Å²) in [4.78, 5) is 31.3. The highest BCUT2D eigenvalue weighted by Crippen LogP contribution is 2.25. The first-order valence-electron chi connectivity index (χ1n) is 9.45. The molecule has 6 nitrogen and oxygen atoms in total. The molecule has 136 valence electrons. The first kappa shape index (κ1) is 17.7. The molecule has 0 bridgehead atoms. The van der Waals surface area contributed by atoms with Crippen LogP contribution >= 0.6 is 0 Å². The van der Waals surface area contributed by atoms with E-state index < -0.39 is 0 Å². The van der Waals surface area contributed by atoms with Crippen LogP contribution in [0.25, 0.3) is 0 Å². The Morgan fingerprint density at radius 1 is 1.17 bits per heavy atom. The standard InChI is InChI=1S/C18H31N3O3/c1-24-10-9-20-14-16(11-17(20)22)18(23)21-8-4-5-15(13-21)12-19-6-2-3-7-19/h15-16H,2-14H2,1H3/t15-,16+/m1/s1. The Kier molecular flexibility index (Phi) is 6.11. The predicted molar refractivity (Wildman–Crippen MR) is 91.5 cm³/mol. The molecule has 0 aromatic rings. The molecule has 0 saturated carbocycles. The van der Waals surface area contributed by atoms with Crippen molar-refractivity contribution in [2.75, 3.05) is 59.5 Å². The molecule has 2 amide bonds. The van der Waals surface area contributed by atoms with Crippen molar-refractivity contribution in [3.05, 3.63) is 0 Å². The van der Waals surface area contributed by atoms with Crippen LogP contribution in [0.1, 0.15) is 32.1 Å². The molecular formula is C18H31N3O3. The molecule has 0 aromatic carbocycles. The Hall–Kier alpha value is -1.14. The summed E-state index contributed by atoms with van der Waals surface area (Å²) in [6.07, 6.45) is 5.33. The Balaban J connectivity index is 1.50. The van der Waals surface area contributed by atoms with Gasteiger partial charge in [0, 0.05) is 46.3 Å². The van der Waals surface area contributed by atoms with Crippen LogP contribution in [0.15, 0.2) is 0 Å². The zero-order valence-corrected chi connectivity index (χ0v) is 14.9. The van der Waals surface area contributed by atoms with Gasteiger partial charge in [-0.15, -0.1) is 0 Å². The topological polar surface area (TPSA) is 53.1 Å². The molecule has 6 heteroatoms. The molecule has 0 aromatic heterocycles. The third-order valence-corrected chi connectivity index (χ3v) is 5.67. The number of amides is 2. The minimum absolute atomic E-state index is 0.0935. The summed E-state index contributed by atoms with van der Waals surface area (Å²) in [6, 6.07) is 0. The Morgan fingerprint density at radius 3 is 2.71 bits per heavy atom.